The SMILES string of the molecule is CC(C)[C@@H](NC(=O)c1ccccc1)C(=O)OCC(=O)N[C@@H](C)c1ccccc1. The largest absolute Gasteiger partial charge is 0.454 e. The van der Waals surface area contributed by atoms with Crippen molar-refractivity contribution >= 4 is 17.8 Å². The van der Waals surface area contributed by atoms with Gasteiger partial charge in [0.2, 0.25) is 0 Å². The molecule has 0 saturated carbocycles. The summed E-state index contributed by atoms with van der Waals surface area (Å²) < 4.78 is 5.14. The normalized spacial score (nSPS) is 12.7. The van der Waals surface area contributed by atoms with E-state index in [1.54, 1.807) is 44.2 Å². The Morgan fingerprint density at radius 1 is 0.857 bits per heavy atom. The van der Waals surface area contributed by atoms with Gasteiger partial charge >= 0.3 is 5.97 Å². The number of nitrogens with one attached hydrogen (secondary N) is 2. The Hall–Kier alpha value is -3.15. The summed E-state index contributed by atoms with van der Waals surface area (Å²) in [4.78, 5) is 36.8. The van der Waals surface area contributed by atoms with Gasteiger partial charge in [-0.3, -0.25) is 9.59 Å². The van der Waals surface area contributed by atoms with Crippen LogP contribution in [0.15, 0.2) is 60.7 Å². The van der Waals surface area contributed by atoms with Gasteiger partial charge < -0.3 is 15.4 Å². The van der Waals surface area contributed by atoms with Crippen LogP contribution in [0.5, 0.6) is 0 Å². The molecule has 2 amide bonds. The van der Waals surface area contributed by atoms with Gasteiger partial charge in [-0.2, -0.15) is 0 Å². The van der Waals surface area contributed by atoms with Crippen LogP contribution in [-0.2, 0) is 14.3 Å². The van der Waals surface area contributed by atoms with Crippen molar-refractivity contribution in [2.45, 2.75) is 32.9 Å². The average molecular weight is 382 g/mol. The van der Waals surface area contributed by atoms with Crippen molar-refractivity contribution in [3.05, 3.63) is 71.8 Å². The minimum absolute atomic E-state index is 0.188. The molecule has 0 bridgehead atoms. The first-order chi connectivity index (χ1) is 13.4. The maximum absolute atomic E-state index is 12.4. The van der Waals surface area contributed by atoms with Gasteiger partial charge in [0, 0.05) is 5.56 Å². The zero-order chi connectivity index (χ0) is 20.5. The molecule has 0 fully saturated rings. The molecule has 0 aliphatic carbocycles. The van der Waals surface area contributed by atoms with Crippen LogP contribution in [0.4, 0.5) is 0 Å². The maximum atomic E-state index is 12.4. The summed E-state index contributed by atoms with van der Waals surface area (Å²) in [6.07, 6.45) is 0. The molecule has 6 heteroatoms. The van der Waals surface area contributed by atoms with E-state index in [4.69, 9.17) is 4.74 Å². The van der Waals surface area contributed by atoms with E-state index in [9.17, 15) is 14.4 Å². The summed E-state index contributed by atoms with van der Waals surface area (Å²) in [6, 6.07) is 17.1. The lowest BCUT2D eigenvalue weighted by molar-refractivity contribution is -0.151. The standard InChI is InChI=1S/C22H26N2O4/c1-15(2)20(24-21(26)18-12-8-5-9-13-18)22(27)28-14-19(25)23-16(3)17-10-6-4-7-11-17/h4-13,15-16,20H,14H2,1-3H3,(H,23,25)(H,24,26)/t16-,20+/m0/s1. The van der Waals surface area contributed by atoms with E-state index in [0.29, 0.717) is 5.56 Å². The fraction of sp³-hybridized carbons (Fsp3) is 0.318. The second-order valence-electron chi connectivity index (χ2n) is 6.87. The van der Waals surface area contributed by atoms with Crippen molar-refractivity contribution in [3.8, 4) is 0 Å². The van der Waals surface area contributed by atoms with Crippen molar-refractivity contribution in [1.82, 2.24) is 10.6 Å². The molecule has 0 unspecified atom stereocenters. The smallest absolute Gasteiger partial charge is 0.329 e. The van der Waals surface area contributed by atoms with Crippen LogP contribution in [0.25, 0.3) is 0 Å². The molecular weight excluding hydrogens is 356 g/mol. The predicted octanol–water partition coefficient (Wildman–Crippen LogP) is 2.86. The zero-order valence-electron chi connectivity index (χ0n) is 16.3. The fourth-order valence-corrected chi connectivity index (χ4v) is 2.65. The number of rotatable bonds is 8. The van der Waals surface area contributed by atoms with E-state index in [1.165, 1.54) is 0 Å². The molecule has 0 aliphatic heterocycles. The van der Waals surface area contributed by atoms with Crippen LogP contribution in [0.3, 0.4) is 0 Å². The van der Waals surface area contributed by atoms with E-state index in [-0.39, 0.29) is 17.9 Å². The number of esters is 1. The molecule has 2 atom stereocenters. The lowest BCUT2D eigenvalue weighted by Gasteiger charge is -2.21. The minimum Gasteiger partial charge on any atom is -0.454 e. The molecule has 2 aromatic carbocycles. The van der Waals surface area contributed by atoms with E-state index >= 15 is 0 Å². The van der Waals surface area contributed by atoms with Crippen LogP contribution < -0.4 is 10.6 Å². The van der Waals surface area contributed by atoms with Crippen LogP contribution >= 0.6 is 0 Å². The summed E-state index contributed by atoms with van der Waals surface area (Å²) in [5.74, 6) is -1.59. The van der Waals surface area contributed by atoms with Crippen molar-refractivity contribution in [2.24, 2.45) is 5.92 Å². The molecule has 0 spiro atoms. The molecule has 148 valence electrons. The highest BCUT2D eigenvalue weighted by atomic mass is 16.5. The quantitative estimate of drug-likeness (QED) is 0.688. The van der Waals surface area contributed by atoms with Gasteiger partial charge in [0.1, 0.15) is 6.04 Å². The van der Waals surface area contributed by atoms with E-state index in [0.717, 1.165) is 5.56 Å². The molecule has 0 aromatic heterocycles. The monoisotopic (exact) mass is 382 g/mol. The van der Waals surface area contributed by atoms with E-state index in [1.807, 2.05) is 37.3 Å². The number of hydrogen-bond donors (Lipinski definition) is 2. The van der Waals surface area contributed by atoms with Gasteiger partial charge in [-0.25, -0.2) is 4.79 Å². The third-order valence-corrected chi connectivity index (χ3v) is 4.27. The Bertz CT molecular complexity index is 791. The van der Waals surface area contributed by atoms with Gasteiger partial charge in [-0.1, -0.05) is 62.4 Å². The molecule has 0 radical (unpaired) electrons. The molecule has 0 saturated heterocycles. The first-order valence-electron chi connectivity index (χ1n) is 9.25. The highest BCUT2D eigenvalue weighted by Crippen LogP contribution is 2.11. The highest BCUT2D eigenvalue weighted by Gasteiger charge is 2.26. The van der Waals surface area contributed by atoms with Gasteiger partial charge in [0.15, 0.2) is 6.61 Å². The molecule has 6 nitrogen and oxygen atoms in total. The first-order valence-corrected chi connectivity index (χ1v) is 9.25. The number of carbonyl (C=O) groups is 3. The Balaban J connectivity index is 1.88. The Kier molecular flexibility index (Phi) is 7.75. The average Bonchev–Trinajstić information content (AvgIpc) is 2.71. The lowest BCUT2D eigenvalue weighted by atomic mass is 10.0. The fourth-order valence-electron chi connectivity index (χ4n) is 2.65. The van der Waals surface area contributed by atoms with E-state index < -0.39 is 24.5 Å². The second kappa shape index (κ2) is 10.3. The summed E-state index contributed by atoms with van der Waals surface area (Å²) in [5, 5.41) is 5.46. The minimum atomic E-state index is -0.841. The van der Waals surface area contributed by atoms with Gasteiger partial charge in [0.05, 0.1) is 6.04 Å². The van der Waals surface area contributed by atoms with Crippen molar-refractivity contribution in [3.63, 3.8) is 0 Å². The molecular formula is C22H26N2O4. The summed E-state index contributed by atoms with van der Waals surface area (Å²) in [7, 11) is 0. The highest BCUT2D eigenvalue weighted by molar-refractivity contribution is 5.97. The summed E-state index contributed by atoms with van der Waals surface area (Å²) in [6.45, 7) is 5.05. The topological polar surface area (TPSA) is 84.5 Å². The van der Waals surface area contributed by atoms with Crippen molar-refractivity contribution in [2.75, 3.05) is 6.61 Å². The third-order valence-electron chi connectivity index (χ3n) is 4.27. The number of hydrogen-bond acceptors (Lipinski definition) is 4. The summed E-state index contributed by atoms with van der Waals surface area (Å²) >= 11 is 0. The Morgan fingerprint density at radius 2 is 1.43 bits per heavy atom. The van der Waals surface area contributed by atoms with Gasteiger partial charge in [-0.05, 0) is 30.5 Å². The first kappa shape index (κ1) is 21.2. The second-order valence-corrected chi connectivity index (χ2v) is 6.87. The van der Waals surface area contributed by atoms with Crippen LogP contribution in [-0.4, -0.2) is 30.4 Å². The summed E-state index contributed by atoms with van der Waals surface area (Å²) in [5.41, 5.74) is 1.41. The van der Waals surface area contributed by atoms with Crippen molar-refractivity contribution in [1.29, 1.82) is 0 Å². The van der Waals surface area contributed by atoms with Gasteiger partial charge in [-0.15, -0.1) is 0 Å². The molecule has 0 heterocycles. The Morgan fingerprint density at radius 3 is 2.00 bits per heavy atom. The van der Waals surface area contributed by atoms with Crippen LogP contribution in [0, 0.1) is 5.92 Å². The Labute approximate surface area is 165 Å². The van der Waals surface area contributed by atoms with E-state index in [2.05, 4.69) is 10.6 Å². The maximum Gasteiger partial charge on any atom is 0.329 e. The molecule has 0 aliphatic rings. The van der Waals surface area contributed by atoms with Crippen LogP contribution in [0.1, 0.15) is 42.7 Å². The number of ether oxygens (including phenoxy) is 1. The third kappa shape index (κ3) is 6.23. The molecule has 2 N–H and O–H groups in total. The number of benzene rings is 2. The molecule has 28 heavy (non-hydrogen) atoms. The lowest BCUT2D eigenvalue weighted by Crippen LogP contribution is -2.46. The zero-order valence-corrected chi connectivity index (χ0v) is 16.3. The number of amides is 2. The van der Waals surface area contributed by atoms with Crippen LogP contribution in [0.2, 0.25) is 0 Å². The number of carbonyl (C=O) groups excluding carboxylic acids is 3. The molecule has 2 aromatic rings. The predicted molar refractivity (Wildman–Crippen MR) is 106 cm³/mol. The van der Waals surface area contributed by atoms with Gasteiger partial charge in [0.25, 0.3) is 11.8 Å². The molecule has 2 rings (SSSR count). The van der Waals surface area contributed by atoms with Crippen molar-refractivity contribution < 1.29 is 19.1 Å².